The molecular weight excluding hydrogens is 224 g/mol. The number of piperidine rings is 1. The Morgan fingerprint density at radius 3 is 2.67 bits per heavy atom. The van der Waals surface area contributed by atoms with Crippen LogP contribution >= 0.6 is 0 Å². The molecule has 3 nitrogen and oxygen atoms in total. The van der Waals surface area contributed by atoms with Gasteiger partial charge in [0, 0.05) is 19.1 Å². The van der Waals surface area contributed by atoms with Gasteiger partial charge in [0.15, 0.2) is 0 Å². The summed E-state index contributed by atoms with van der Waals surface area (Å²) in [6.45, 7) is 12.7. The van der Waals surface area contributed by atoms with Gasteiger partial charge in [-0.2, -0.15) is 0 Å². The van der Waals surface area contributed by atoms with Gasteiger partial charge in [-0.15, -0.1) is 0 Å². The largest absolute Gasteiger partial charge is 0.391 e. The van der Waals surface area contributed by atoms with Gasteiger partial charge in [-0.1, -0.05) is 34.1 Å². The van der Waals surface area contributed by atoms with Crippen LogP contribution in [0.3, 0.4) is 0 Å². The molecular formula is C15H32N2O. The number of hydrogen-bond acceptors (Lipinski definition) is 3. The molecule has 108 valence electrons. The highest BCUT2D eigenvalue weighted by Gasteiger charge is 2.29. The highest BCUT2D eigenvalue weighted by molar-refractivity contribution is 4.83. The molecule has 18 heavy (non-hydrogen) atoms. The van der Waals surface area contributed by atoms with Crippen molar-refractivity contribution in [3.8, 4) is 0 Å². The molecule has 0 aromatic heterocycles. The normalized spacial score (nSPS) is 24.2. The van der Waals surface area contributed by atoms with Crippen molar-refractivity contribution in [3.05, 3.63) is 0 Å². The Labute approximate surface area is 113 Å². The first-order valence-corrected chi connectivity index (χ1v) is 7.58. The van der Waals surface area contributed by atoms with E-state index in [0.29, 0.717) is 6.04 Å². The molecule has 3 heteroatoms. The van der Waals surface area contributed by atoms with Crippen LogP contribution in [0.25, 0.3) is 0 Å². The van der Waals surface area contributed by atoms with E-state index in [0.717, 1.165) is 26.2 Å². The number of nitrogens with zero attached hydrogens (tertiary/aromatic N) is 1. The molecule has 1 aliphatic heterocycles. The van der Waals surface area contributed by atoms with Crippen LogP contribution in [0.4, 0.5) is 0 Å². The fourth-order valence-electron chi connectivity index (χ4n) is 2.47. The van der Waals surface area contributed by atoms with E-state index < -0.39 is 0 Å². The molecule has 2 atom stereocenters. The highest BCUT2D eigenvalue weighted by Crippen LogP contribution is 2.23. The maximum atomic E-state index is 10.3. The molecule has 0 spiro atoms. The summed E-state index contributed by atoms with van der Waals surface area (Å²) in [5.41, 5.74) is -0.0150. The molecule has 0 aromatic rings. The van der Waals surface area contributed by atoms with E-state index in [-0.39, 0.29) is 11.5 Å². The van der Waals surface area contributed by atoms with E-state index in [1.807, 2.05) is 0 Å². The van der Waals surface area contributed by atoms with Gasteiger partial charge in [-0.25, -0.2) is 0 Å². The predicted molar refractivity (Wildman–Crippen MR) is 77.8 cm³/mol. The predicted octanol–water partition coefficient (Wildman–Crippen LogP) is 2.25. The second-order valence-corrected chi connectivity index (χ2v) is 6.73. The monoisotopic (exact) mass is 256 g/mol. The zero-order valence-corrected chi connectivity index (χ0v) is 12.7. The third-order valence-corrected chi connectivity index (χ3v) is 3.96. The Morgan fingerprint density at radius 1 is 1.33 bits per heavy atom. The summed E-state index contributed by atoms with van der Waals surface area (Å²) in [4.78, 5) is 2.49. The average Bonchev–Trinajstić information content (AvgIpc) is 2.30. The van der Waals surface area contributed by atoms with Gasteiger partial charge >= 0.3 is 0 Å². The number of β-amino-alcohol motifs (C(OH)–C–C–N with tert-alkyl or cyclic N) is 1. The zero-order chi connectivity index (χ0) is 13.6. The number of rotatable bonds is 6. The third kappa shape index (κ3) is 5.25. The van der Waals surface area contributed by atoms with Crippen LogP contribution in [0.15, 0.2) is 0 Å². The molecule has 1 saturated heterocycles. The van der Waals surface area contributed by atoms with Crippen molar-refractivity contribution in [1.82, 2.24) is 10.2 Å². The van der Waals surface area contributed by atoms with Crippen LogP contribution in [0.1, 0.15) is 53.4 Å². The van der Waals surface area contributed by atoms with Crippen molar-refractivity contribution < 1.29 is 5.11 Å². The molecule has 1 rings (SSSR count). The Bertz CT molecular complexity index is 225. The van der Waals surface area contributed by atoms with Crippen LogP contribution in [0, 0.1) is 5.41 Å². The summed E-state index contributed by atoms with van der Waals surface area (Å²) < 4.78 is 0. The fourth-order valence-corrected chi connectivity index (χ4v) is 2.47. The topological polar surface area (TPSA) is 35.5 Å². The number of aliphatic hydroxyl groups is 1. The van der Waals surface area contributed by atoms with Gasteiger partial charge in [-0.05, 0) is 37.8 Å². The minimum absolute atomic E-state index is 0.0150. The first kappa shape index (κ1) is 15.9. The maximum absolute atomic E-state index is 10.3. The molecule has 0 amide bonds. The van der Waals surface area contributed by atoms with Crippen molar-refractivity contribution >= 4 is 0 Å². The smallest absolute Gasteiger partial charge is 0.0715 e. The molecule has 2 N–H and O–H groups in total. The minimum atomic E-state index is -0.232. The fraction of sp³-hybridized carbons (Fsp3) is 1.00. The Kier molecular flexibility index (Phi) is 6.61. The van der Waals surface area contributed by atoms with Crippen molar-refractivity contribution in [1.29, 1.82) is 0 Å². The van der Waals surface area contributed by atoms with Crippen molar-refractivity contribution in [2.45, 2.75) is 65.5 Å². The van der Waals surface area contributed by atoms with Gasteiger partial charge < -0.3 is 10.4 Å². The SMILES string of the molecule is CCCNCC1CCCCN1CC(O)C(C)(C)C. The lowest BCUT2D eigenvalue weighted by molar-refractivity contribution is 0.00680. The van der Waals surface area contributed by atoms with E-state index in [4.69, 9.17) is 0 Å². The second kappa shape index (κ2) is 7.46. The van der Waals surface area contributed by atoms with Gasteiger partial charge in [0.05, 0.1) is 6.10 Å². The van der Waals surface area contributed by atoms with E-state index >= 15 is 0 Å². The van der Waals surface area contributed by atoms with Crippen molar-refractivity contribution in [2.24, 2.45) is 5.41 Å². The Balaban J connectivity index is 2.43. The molecule has 2 unspecified atom stereocenters. The van der Waals surface area contributed by atoms with Crippen LogP contribution in [0.5, 0.6) is 0 Å². The van der Waals surface area contributed by atoms with Crippen molar-refractivity contribution in [2.75, 3.05) is 26.2 Å². The lowest BCUT2D eigenvalue weighted by atomic mass is 9.88. The van der Waals surface area contributed by atoms with Gasteiger partial charge in [0.1, 0.15) is 0 Å². The lowest BCUT2D eigenvalue weighted by Crippen LogP contribution is -2.50. The van der Waals surface area contributed by atoms with E-state index in [1.165, 1.54) is 25.7 Å². The maximum Gasteiger partial charge on any atom is 0.0715 e. The van der Waals surface area contributed by atoms with Gasteiger partial charge in [0.2, 0.25) is 0 Å². The summed E-state index contributed by atoms with van der Waals surface area (Å²) in [6, 6.07) is 0.613. The van der Waals surface area contributed by atoms with Crippen LogP contribution < -0.4 is 5.32 Å². The molecule has 0 aromatic carbocycles. The summed E-state index contributed by atoms with van der Waals surface area (Å²) in [5, 5.41) is 13.8. The lowest BCUT2D eigenvalue weighted by Gasteiger charge is -2.39. The highest BCUT2D eigenvalue weighted by atomic mass is 16.3. The van der Waals surface area contributed by atoms with Crippen molar-refractivity contribution in [3.63, 3.8) is 0 Å². The van der Waals surface area contributed by atoms with E-state index in [1.54, 1.807) is 0 Å². The Morgan fingerprint density at radius 2 is 2.06 bits per heavy atom. The van der Waals surface area contributed by atoms with E-state index in [9.17, 15) is 5.11 Å². The van der Waals surface area contributed by atoms with E-state index in [2.05, 4.69) is 37.9 Å². The van der Waals surface area contributed by atoms with Gasteiger partial charge in [-0.3, -0.25) is 4.90 Å². The zero-order valence-electron chi connectivity index (χ0n) is 12.7. The molecule has 1 fully saturated rings. The summed E-state index contributed by atoms with van der Waals surface area (Å²) in [6.07, 6.45) is 4.84. The minimum Gasteiger partial charge on any atom is -0.391 e. The van der Waals surface area contributed by atoms with Crippen LogP contribution in [0.2, 0.25) is 0 Å². The first-order chi connectivity index (χ1) is 8.45. The number of aliphatic hydroxyl groups excluding tert-OH is 1. The molecule has 0 bridgehead atoms. The summed E-state index contributed by atoms with van der Waals surface area (Å²) in [7, 11) is 0. The molecule has 0 saturated carbocycles. The van der Waals surface area contributed by atoms with Gasteiger partial charge in [0.25, 0.3) is 0 Å². The molecule has 0 radical (unpaired) electrons. The standard InChI is InChI=1S/C15H32N2O/c1-5-9-16-11-13-8-6-7-10-17(13)12-14(18)15(2,3)4/h13-14,16,18H,5-12H2,1-4H3. The average molecular weight is 256 g/mol. The van der Waals surface area contributed by atoms with Crippen LogP contribution in [-0.2, 0) is 0 Å². The molecule has 1 heterocycles. The first-order valence-electron chi connectivity index (χ1n) is 7.58. The molecule has 0 aliphatic carbocycles. The third-order valence-electron chi connectivity index (χ3n) is 3.96. The number of likely N-dealkylation sites (tertiary alicyclic amines) is 1. The number of hydrogen-bond donors (Lipinski definition) is 2. The molecule has 1 aliphatic rings. The summed E-state index contributed by atoms with van der Waals surface area (Å²) >= 11 is 0. The quantitative estimate of drug-likeness (QED) is 0.716. The van der Waals surface area contributed by atoms with Crippen LogP contribution in [-0.4, -0.2) is 48.3 Å². The Hall–Kier alpha value is -0.120. The number of nitrogens with one attached hydrogen (secondary N) is 1. The summed E-state index contributed by atoms with van der Waals surface area (Å²) in [5.74, 6) is 0. The second-order valence-electron chi connectivity index (χ2n) is 6.73.